The average Bonchev–Trinajstić information content (AvgIpc) is 2.46. The summed E-state index contributed by atoms with van der Waals surface area (Å²) in [5, 5.41) is 0. The number of hydrogen-bond acceptors (Lipinski definition) is 2. The van der Waals surface area contributed by atoms with Crippen molar-refractivity contribution < 1.29 is 4.74 Å². The maximum atomic E-state index is 6.18. The van der Waals surface area contributed by atoms with Gasteiger partial charge < -0.3 is 10.5 Å². The Balaban J connectivity index is 2.04. The first kappa shape index (κ1) is 16.4. The van der Waals surface area contributed by atoms with Crippen LogP contribution in [0.15, 0.2) is 24.3 Å². The minimum atomic E-state index is 0.166. The van der Waals surface area contributed by atoms with E-state index in [4.69, 9.17) is 10.5 Å². The maximum absolute atomic E-state index is 6.18. The van der Waals surface area contributed by atoms with E-state index in [2.05, 4.69) is 45.0 Å². The average molecular weight is 289 g/mol. The van der Waals surface area contributed by atoms with Crippen molar-refractivity contribution in [3.05, 3.63) is 29.8 Å². The number of rotatable bonds is 5. The summed E-state index contributed by atoms with van der Waals surface area (Å²) in [5.74, 6) is 1.00. The van der Waals surface area contributed by atoms with Gasteiger partial charge >= 0.3 is 0 Å². The Morgan fingerprint density at radius 3 is 2.48 bits per heavy atom. The van der Waals surface area contributed by atoms with Crippen molar-refractivity contribution in [2.45, 2.75) is 64.7 Å². The summed E-state index contributed by atoms with van der Waals surface area (Å²) in [5.41, 5.74) is 7.65. The number of hydrogen-bond donors (Lipinski definition) is 1. The molecular weight excluding hydrogens is 258 g/mol. The van der Waals surface area contributed by atoms with Crippen LogP contribution in [-0.2, 0) is 5.41 Å². The van der Waals surface area contributed by atoms with Gasteiger partial charge in [0.25, 0.3) is 0 Å². The van der Waals surface area contributed by atoms with E-state index in [1.165, 1.54) is 37.7 Å². The molecule has 0 radical (unpaired) electrons. The lowest BCUT2D eigenvalue weighted by molar-refractivity contribution is 0.0898. The van der Waals surface area contributed by atoms with Crippen LogP contribution in [0.25, 0.3) is 0 Å². The zero-order valence-corrected chi connectivity index (χ0v) is 14.0. The van der Waals surface area contributed by atoms with E-state index in [0.717, 1.165) is 25.3 Å². The normalized spacial score (nSPS) is 18.5. The molecule has 0 amide bonds. The van der Waals surface area contributed by atoms with Crippen LogP contribution in [0.3, 0.4) is 0 Å². The van der Waals surface area contributed by atoms with Crippen LogP contribution in [0.1, 0.15) is 64.9 Å². The Bertz CT molecular complexity index is 436. The van der Waals surface area contributed by atoms with E-state index in [1.54, 1.807) is 0 Å². The second-order valence-corrected chi connectivity index (χ2v) is 7.67. The lowest BCUT2D eigenvalue weighted by Crippen LogP contribution is -2.33. The zero-order chi connectivity index (χ0) is 15.3. The molecule has 2 nitrogen and oxygen atoms in total. The molecule has 1 saturated carbocycles. The molecule has 1 aromatic carbocycles. The van der Waals surface area contributed by atoms with Crippen LogP contribution >= 0.6 is 0 Å². The van der Waals surface area contributed by atoms with Crippen LogP contribution < -0.4 is 10.5 Å². The van der Waals surface area contributed by atoms with Gasteiger partial charge in [-0.1, -0.05) is 52.2 Å². The molecule has 0 aromatic heterocycles. The van der Waals surface area contributed by atoms with Crippen LogP contribution in [-0.4, -0.2) is 13.2 Å². The monoisotopic (exact) mass is 289 g/mol. The zero-order valence-electron chi connectivity index (χ0n) is 14.0. The molecule has 1 aromatic rings. The van der Waals surface area contributed by atoms with Gasteiger partial charge in [-0.25, -0.2) is 0 Å². The van der Waals surface area contributed by atoms with E-state index in [9.17, 15) is 0 Å². The van der Waals surface area contributed by atoms with E-state index >= 15 is 0 Å². The fourth-order valence-corrected chi connectivity index (χ4v) is 3.36. The molecule has 1 aliphatic carbocycles. The third-order valence-electron chi connectivity index (χ3n) is 4.83. The molecule has 0 aliphatic heterocycles. The highest BCUT2D eigenvalue weighted by atomic mass is 16.5. The molecule has 2 heteroatoms. The SMILES string of the molecule is CC(C)(C)c1cccc(OCC2(CCN)CCCCC2)c1. The maximum Gasteiger partial charge on any atom is 0.119 e. The first-order valence-corrected chi connectivity index (χ1v) is 8.39. The van der Waals surface area contributed by atoms with E-state index in [-0.39, 0.29) is 5.41 Å². The highest BCUT2D eigenvalue weighted by Crippen LogP contribution is 2.39. The fourth-order valence-electron chi connectivity index (χ4n) is 3.36. The summed E-state index contributed by atoms with van der Waals surface area (Å²) in [4.78, 5) is 0. The van der Waals surface area contributed by atoms with Gasteiger partial charge in [0, 0.05) is 5.41 Å². The minimum absolute atomic E-state index is 0.166. The van der Waals surface area contributed by atoms with E-state index in [0.29, 0.717) is 5.41 Å². The first-order chi connectivity index (χ1) is 9.95. The van der Waals surface area contributed by atoms with Gasteiger partial charge in [0.05, 0.1) is 6.61 Å². The topological polar surface area (TPSA) is 35.2 Å². The van der Waals surface area contributed by atoms with Crippen molar-refractivity contribution in [1.82, 2.24) is 0 Å². The molecule has 1 aliphatic rings. The summed E-state index contributed by atoms with van der Waals surface area (Å²) >= 11 is 0. The molecule has 0 unspecified atom stereocenters. The smallest absolute Gasteiger partial charge is 0.119 e. The molecule has 1 fully saturated rings. The number of benzene rings is 1. The third kappa shape index (κ3) is 4.47. The summed E-state index contributed by atoms with van der Waals surface area (Å²) in [6.07, 6.45) is 7.64. The predicted octanol–water partition coefficient (Wildman–Crippen LogP) is 4.66. The fraction of sp³-hybridized carbons (Fsp3) is 0.684. The molecular formula is C19H31NO. The van der Waals surface area contributed by atoms with Crippen molar-refractivity contribution in [2.75, 3.05) is 13.2 Å². The van der Waals surface area contributed by atoms with Crippen LogP contribution in [0.2, 0.25) is 0 Å². The standard InChI is InChI=1S/C19H31NO/c1-18(2,3)16-8-7-9-17(14-16)21-15-19(12-13-20)10-5-4-6-11-19/h7-9,14H,4-6,10-13,15,20H2,1-3H3. The quantitative estimate of drug-likeness (QED) is 0.855. The minimum Gasteiger partial charge on any atom is -0.493 e. The molecule has 118 valence electrons. The molecule has 0 atom stereocenters. The van der Waals surface area contributed by atoms with Crippen molar-refractivity contribution in [3.8, 4) is 5.75 Å². The molecule has 0 saturated heterocycles. The Morgan fingerprint density at radius 1 is 1.14 bits per heavy atom. The number of nitrogens with two attached hydrogens (primary N) is 1. The highest BCUT2D eigenvalue weighted by Gasteiger charge is 2.32. The summed E-state index contributed by atoms with van der Waals surface area (Å²) in [6.45, 7) is 8.30. The largest absolute Gasteiger partial charge is 0.493 e. The van der Waals surface area contributed by atoms with E-state index in [1.807, 2.05) is 0 Å². The van der Waals surface area contributed by atoms with Crippen molar-refractivity contribution in [1.29, 1.82) is 0 Å². The van der Waals surface area contributed by atoms with Gasteiger partial charge in [-0.15, -0.1) is 0 Å². The second-order valence-electron chi connectivity index (χ2n) is 7.67. The van der Waals surface area contributed by atoms with Gasteiger partial charge in [0.1, 0.15) is 5.75 Å². The first-order valence-electron chi connectivity index (χ1n) is 8.39. The molecule has 0 spiro atoms. The van der Waals surface area contributed by atoms with Gasteiger partial charge in [-0.3, -0.25) is 0 Å². The van der Waals surface area contributed by atoms with Crippen LogP contribution in [0.5, 0.6) is 5.75 Å². The second kappa shape index (κ2) is 6.83. The highest BCUT2D eigenvalue weighted by molar-refractivity contribution is 5.32. The molecule has 0 heterocycles. The summed E-state index contributed by atoms with van der Waals surface area (Å²) in [7, 11) is 0. The predicted molar refractivity (Wildman–Crippen MR) is 89.8 cm³/mol. The Morgan fingerprint density at radius 2 is 1.86 bits per heavy atom. The lowest BCUT2D eigenvalue weighted by Gasteiger charge is -2.37. The third-order valence-corrected chi connectivity index (χ3v) is 4.83. The Hall–Kier alpha value is -1.02. The van der Waals surface area contributed by atoms with Gasteiger partial charge in [0.15, 0.2) is 0 Å². The van der Waals surface area contributed by atoms with Gasteiger partial charge in [0.2, 0.25) is 0 Å². The van der Waals surface area contributed by atoms with E-state index < -0.39 is 0 Å². The molecule has 21 heavy (non-hydrogen) atoms. The van der Waals surface area contributed by atoms with Gasteiger partial charge in [-0.2, -0.15) is 0 Å². The molecule has 0 bridgehead atoms. The van der Waals surface area contributed by atoms with Crippen molar-refractivity contribution in [2.24, 2.45) is 11.1 Å². The molecule has 2 rings (SSSR count). The van der Waals surface area contributed by atoms with Crippen molar-refractivity contribution >= 4 is 0 Å². The van der Waals surface area contributed by atoms with Crippen molar-refractivity contribution in [3.63, 3.8) is 0 Å². The number of ether oxygens (including phenoxy) is 1. The Kier molecular flexibility index (Phi) is 5.32. The van der Waals surface area contributed by atoms with Crippen LogP contribution in [0, 0.1) is 5.41 Å². The Labute approximate surface area is 130 Å². The lowest BCUT2D eigenvalue weighted by atomic mass is 9.72. The summed E-state index contributed by atoms with van der Waals surface area (Å²) < 4.78 is 6.18. The molecule has 2 N–H and O–H groups in total. The van der Waals surface area contributed by atoms with Gasteiger partial charge in [-0.05, 0) is 48.9 Å². The van der Waals surface area contributed by atoms with Crippen LogP contribution in [0.4, 0.5) is 0 Å². The summed E-state index contributed by atoms with van der Waals surface area (Å²) in [6, 6.07) is 8.56.